The summed E-state index contributed by atoms with van der Waals surface area (Å²) in [6.07, 6.45) is 1.12. The van der Waals surface area contributed by atoms with Crippen molar-refractivity contribution in [2.75, 3.05) is 6.26 Å². The third-order valence-electron chi connectivity index (χ3n) is 2.99. The van der Waals surface area contributed by atoms with Crippen molar-refractivity contribution in [2.24, 2.45) is 5.73 Å². The van der Waals surface area contributed by atoms with Crippen LogP contribution in [-0.4, -0.2) is 25.5 Å². The quantitative estimate of drug-likeness (QED) is 0.806. The first-order chi connectivity index (χ1) is 7.41. The van der Waals surface area contributed by atoms with Gasteiger partial charge in [0.2, 0.25) is 0 Å². The standard InChI is InChI=1S/C11H12N2O2S/c1-16(14,15)10-9(11(10,13)7-12)8-5-3-2-4-6-8/h2-6,9-10H,13H2,1H3. The molecule has 0 aliphatic heterocycles. The smallest absolute Gasteiger partial charge is 0.153 e. The lowest BCUT2D eigenvalue weighted by Crippen LogP contribution is -2.28. The first-order valence-corrected chi connectivity index (χ1v) is 6.80. The van der Waals surface area contributed by atoms with E-state index >= 15 is 0 Å². The highest BCUT2D eigenvalue weighted by Crippen LogP contribution is 2.53. The Hall–Kier alpha value is -1.38. The van der Waals surface area contributed by atoms with Gasteiger partial charge < -0.3 is 5.73 Å². The van der Waals surface area contributed by atoms with Crippen LogP contribution < -0.4 is 5.73 Å². The fraction of sp³-hybridized carbons (Fsp3) is 0.364. The Morgan fingerprint density at radius 1 is 1.38 bits per heavy atom. The first kappa shape index (κ1) is 11.1. The normalized spacial score (nSPS) is 33.1. The van der Waals surface area contributed by atoms with Gasteiger partial charge in [0.05, 0.1) is 6.07 Å². The van der Waals surface area contributed by atoms with Gasteiger partial charge in [-0.05, 0) is 5.56 Å². The summed E-state index contributed by atoms with van der Waals surface area (Å²) in [6.45, 7) is 0. The molecule has 1 aliphatic rings. The number of benzene rings is 1. The van der Waals surface area contributed by atoms with E-state index in [1.54, 1.807) is 12.1 Å². The lowest BCUT2D eigenvalue weighted by atomic mass is 10.1. The molecule has 1 fully saturated rings. The summed E-state index contributed by atoms with van der Waals surface area (Å²) in [5.41, 5.74) is 5.35. The highest BCUT2D eigenvalue weighted by molar-refractivity contribution is 7.91. The second-order valence-electron chi connectivity index (χ2n) is 4.18. The van der Waals surface area contributed by atoms with Crippen LogP contribution in [0.4, 0.5) is 0 Å². The van der Waals surface area contributed by atoms with Gasteiger partial charge in [-0.3, -0.25) is 0 Å². The predicted octanol–water partition coefficient (Wildman–Crippen LogP) is 0.418. The third-order valence-corrected chi connectivity index (χ3v) is 4.58. The van der Waals surface area contributed by atoms with Crippen molar-refractivity contribution in [3.8, 4) is 6.07 Å². The number of hydrogen-bond donors (Lipinski definition) is 1. The van der Waals surface area contributed by atoms with Gasteiger partial charge in [-0.1, -0.05) is 30.3 Å². The molecule has 2 rings (SSSR count). The zero-order valence-corrected chi connectivity index (χ0v) is 9.61. The van der Waals surface area contributed by atoms with Crippen LogP contribution in [0.2, 0.25) is 0 Å². The third kappa shape index (κ3) is 1.51. The topological polar surface area (TPSA) is 83.9 Å². The average Bonchev–Trinajstić information content (AvgIpc) is 2.87. The number of nitriles is 1. The van der Waals surface area contributed by atoms with E-state index in [1.165, 1.54) is 0 Å². The largest absolute Gasteiger partial charge is 0.312 e. The molecule has 4 nitrogen and oxygen atoms in total. The van der Waals surface area contributed by atoms with E-state index in [4.69, 9.17) is 11.0 Å². The summed E-state index contributed by atoms with van der Waals surface area (Å²) in [5, 5.41) is 8.21. The van der Waals surface area contributed by atoms with Crippen LogP contribution in [0.1, 0.15) is 11.5 Å². The second kappa shape index (κ2) is 3.30. The molecular formula is C11H12N2O2S. The van der Waals surface area contributed by atoms with Crippen LogP contribution in [0.25, 0.3) is 0 Å². The number of nitrogens with two attached hydrogens (primary N) is 1. The van der Waals surface area contributed by atoms with Crippen molar-refractivity contribution in [2.45, 2.75) is 16.7 Å². The molecule has 1 aromatic rings. The maximum absolute atomic E-state index is 11.5. The Balaban J connectivity index is 2.43. The maximum Gasteiger partial charge on any atom is 0.153 e. The van der Waals surface area contributed by atoms with Gasteiger partial charge >= 0.3 is 0 Å². The molecule has 0 heterocycles. The number of nitrogens with zero attached hydrogens (tertiary/aromatic N) is 1. The molecule has 16 heavy (non-hydrogen) atoms. The molecule has 0 saturated heterocycles. The zero-order chi connectivity index (χ0) is 12.0. The highest BCUT2D eigenvalue weighted by Gasteiger charge is 2.69. The Morgan fingerprint density at radius 2 is 1.94 bits per heavy atom. The summed E-state index contributed by atoms with van der Waals surface area (Å²) in [7, 11) is -3.29. The van der Waals surface area contributed by atoms with Crippen molar-refractivity contribution >= 4 is 9.84 Å². The van der Waals surface area contributed by atoms with Crippen molar-refractivity contribution in [3.05, 3.63) is 35.9 Å². The van der Waals surface area contributed by atoms with Gasteiger partial charge in [0.25, 0.3) is 0 Å². The minimum atomic E-state index is -3.29. The molecule has 3 atom stereocenters. The molecule has 0 amide bonds. The van der Waals surface area contributed by atoms with Gasteiger partial charge in [-0.25, -0.2) is 8.42 Å². The first-order valence-electron chi connectivity index (χ1n) is 4.85. The predicted molar refractivity (Wildman–Crippen MR) is 60.3 cm³/mol. The van der Waals surface area contributed by atoms with Crippen molar-refractivity contribution in [3.63, 3.8) is 0 Å². The van der Waals surface area contributed by atoms with E-state index < -0.39 is 26.5 Å². The van der Waals surface area contributed by atoms with E-state index in [1.807, 2.05) is 24.3 Å². The molecule has 0 radical (unpaired) electrons. The monoisotopic (exact) mass is 236 g/mol. The summed E-state index contributed by atoms with van der Waals surface area (Å²) in [5.74, 6) is -0.409. The molecule has 0 spiro atoms. The Morgan fingerprint density at radius 3 is 2.31 bits per heavy atom. The molecule has 1 saturated carbocycles. The summed E-state index contributed by atoms with van der Waals surface area (Å²) < 4.78 is 23.0. The maximum atomic E-state index is 11.5. The van der Waals surface area contributed by atoms with Gasteiger partial charge in [-0.15, -0.1) is 0 Å². The van der Waals surface area contributed by atoms with Crippen LogP contribution >= 0.6 is 0 Å². The number of hydrogen-bond acceptors (Lipinski definition) is 4. The van der Waals surface area contributed by atoms with E-state index in [-0.39, 0.29) is 0 Å². The van der Waals surface area contributed by atoms with Crippen LogP contribution in [0.3, 0.4) is 0 Å². The molecule has 5 heteroatoms. The van der Waals surface area contributed by atoms with Crippen molar-refractivity contribution in [1.82, 2.24) is 0 Å². The fourth-order valence-corrected chi connectivity index (χ4v) is 3.93. The molecule has 84 valence electrons. The molecular weight excluding hydrogens is 224 g/mol. The van der Waals surface area contributed by atoms with Crippen LogP contribution in [-0.2, 0) is 9.84 Å². The second-order valence-corrected chi connectivity index (χ2v) is 6.35. The van der Waals surface area contributed by atoms with E-state index in [9.17, 15) is 8.42 Å². The van der Waals surface area contributed by atoms with E-state index in [0.717, 1.165) is 11.8 Å². The minimum absolute atomic E-state index is 0.409. The fourth-order valence-electron chi connectivity index (χ4n) is 2.22. The Labute approximate surface area is 94.6 Å². The zero-order valence-electron chi connectivity index (χ0n) is 8.79. The van der Waals surface area contributed by atoms with Gasteiger partial charge in [0.15, 0.2) is 9.84 Å². The number of rotatable bonds is 2. The Bertz CT molecular complexity index is 547. The minimum Gasteiger partial charge on any atom is -0.312 e. The lowest BCUT2D eigenvalue weighted by Gasteiger charge is -1.99. The Kier molecular flexibility index (Phi) is 2.30. The highest BCUT2D eigenvalue weighted by atomic mass is 32.2. The number of sulfone groups is 1. The van der Waals surface area contributed by atoms with Gasteiger partial charge in [0.1, 0.15) is 10.8 Å². The molecule has 2 N–H and O–H groups in total. The molecule has 3 unspecified atom stereocenters. The summed E-state index contributed by atoms with van der Waals surface area (Å²) >= 11 is 0. The van der Waals surface area contributed by atoms with E-state index in [2.05, 4.69) is 0 Å². The van der Waals surface area contributed by atoms with Crippen LogP contribution in [0.5, 0.6) is 0 Å². The van der Waals surface area contributed by atoms with Crippen LogP contribution in [0.15, 0.2) is 30.3 Å². The molecule has 1 aliphatic carbocycles. The van der Waals surface area contributed by atoms with Gasteiger partial charge in [0, 0.05) is 12.2 Å². The molecule has 1 aromatic carbocycles. The van der Waals surface area contributed by atoms with Crippen molar-refractivity contribution in [1.29, 1.82) is 5.26 Å². The summed E-state index contributed by atoms with van der Waals surface area (Å²) in [4.78, 5) is 0. The summed E-state index contributed by atoms with van der Waals surface area (Å²) in [6, 6.07) is 11.0. The lowest BCUT2D eigenvalue weighted by molar-refractivity contribution is 0.597. The van der Waals surface area contributed by atoms with Crippen molar-refractivity contribution < 1.29 is 8.42 Å². The molecule has 0 bridgehead atoms. The van der Waals surface area contributed by atoms with Crippen LogP contribution in [0, 0.1) is 11.3 Å². The SMILES string of the molecule is CS(=O)(=O)C1C(c2ccccc2)C1(N)C#N. The average molecular weight is 236 g/mol. The van der Waals surface area contributed by atoms with Gasteiger partial charge in [-0.2, -0.15) is 5.26 Å². The molecule has 0 aromatic heterocycles. The van der Waals surface area contributed by atoms with E-state index in [0.29, 0.717) is 0 Å².